The van der Waals surface area contributed by atoms with Crippen LogP contribution in [0.1, 0.15) is 595 Å². The summed E-state index contributed by atoms with van der Waals surface area (Å²) >= 11 is 0. The van der Waals surface area contributed by atoms with Crippen molar-refractivity contribution in [2.24, 2.45) is 201 Å². The molecule has 0 unspecified atom stereocenters. The van der Waals surface area contributed by atoms with Gasteiger partial charge in [-0.2, -0.15) is 0 Å². The zero-order valence-electron chi connectivity index (χ0n) is 93.2. The third-order valence-corrected chi connectivity index (χ3v) is 37.1. The van der Waals surface area contributed by atoms with Gasteiger partial charge in [-0.25, -0.2) is 0 Å². The molecule has 26 atom stereocenters. The molecule has 17 aliphatic carbocycles. The highest BCUT2D eigenvalue weighted by Gasteiger charge is 2.30. The molecule has 0 heteroatoms. The maximum Gasteiger partial charge on any atom is -0.0391 e. The van der Waals surface area contributed by atoms with Gasteiger partial charge in [0.15, 0.2) is 0 Å². The van der Waals surface area contributed by atoms with Crippen LogP contribution in [0.5, 0.6) is 0 Å². The van der Waals surface area contributed by atoms with Crippen molar-refractivity contribution in [2.45, 2.75) is 595 Å². The van der Waals surface area contributed by atoms with Crippen molar-refractivity contribution in [3.63, 3.8) is 0 Å². The Morgan fingerprint density at radius 2 is 0.290 bits per heavy atom. The summed E-state index contributed by atoms with van der Waals surface area (Å²) in [6.45, 7) is 79.8. The van der Waals surface area contributed by atoms with E-state index >= 15 is 0 Å². The average Bonchev–Trinajstić information content (AvgIpc) is 1.70. The second-order valence-electron chi connectivity index (χ2n) is 51.2. The molecule has 0 spiro atoms. The molecule has 0 amide bonds. The highest BCUT2D eigenvalue weighted by atomic mass is 14.4. The van der Waals surface area contributed by atoms with Gasteiger partial charge in [-0.05, 0) is 272 Å². The summed E-state index contributed by atoms with van der Waals surface area (Å²) in [6.07, 6.45) is 82.5. The van der Waals surface area contributed by atoms with E-state index < -0.39 is 0 Å². The van der Waals surface area contributed by atoms with Crippen molar-refractivity contribution in [2.75, 3.05) is 0 Å². The minimum Gasteiger partial charge on any atom is -0.0651 e. The Balaban J connectivity index is 0.000000660. The Hall–Kier alpha value is 0. The summed E-state index contributed by atoms with van der Waals surface area (Å²) < 4.78 is 0. The summed E-state index contributed by atoms with van der Waals surface area (Å²) in [6, 6.07) is 0. The quantitative estimate of drug-likeness (QED) is 0.241. The molecule has 0 aliphatic heterocycles. The predicted octanol–water partition coefficient (Wildman–Crippen LogP) is 43.5. The molecule has 17 fully saturated rings. The van der Waals surface area contributed by atoms with E-state index in [4.69, 9.17) is 0 Å². The van der Waals surface area contributed by atoms with Gasteiger partial charge in [-0.3, -0.25) is 0 Å². The fourth-order valence-electron chi connectivity index (χ4n) is 23.9. The molecule has 744 valence electrons. The van der Waals surface area contributed by atoms with Gasteiger partial charge in [0.2, 0.25) is 0 Å². The smallest absolute Gasteiger partial charge is 0.0391 e. The van der Waals surface area contributed by atoms with Crippen LogP contribution < -0.4 is 0 Å². The first kappa shape index (κ1) is 122. The second-order valence-corrected chi connectivity index (χ2v) is 51.2. The number of rotatable bonds is 5. The number of hydrogen-bond donors (Lipinski definition) is 0. The van der Waals surface area contributed by atoms with E-state index in [1.807, 2.05) is 0 Å². The van der Waals surface area contributed by atoms with Crippen molar-refractivity contribution in [3.05, 3.63) is 0 Å². The third kappa shape index (κ3) is 64.0. The molecule has 0 N–H and O–H groups in total. The van der Waals surface area contributed by atoms with E-state index in [1.165, 1.54) is 360 Å². The van der Waals surface area contributed by atoms with Gasteiger partial charge in [0.1, 0.15) is 0 Å². The SMILES string of the molecule is CC1CC(C)C1.CC1CCC(C)CC1.CCC1CC(C)C1.CCC1CCC(C)CC1.CC[C@@H]1CCC[C@H]1C.CC[C@@H]1CC[C@H]1C.CC[C@H]1CCCC[C@H]1C.C[C@@H]1CCCC[C@H]1C.C[C@@H]1CCC[C@@H](C)C1.C[C@@H]1CCC[C@@H](C)CC1.C[C@@H]1CCC[C@@H]1C.C[C@@H]1CCC[C@H](C)C1.C[C@@H]1CC[C@@H](C)C1.C[C@@H]1CC[C@@H]1C.C[C@@H]1CC[C@H](C)C1.C[C@@H]1C[C@@H]1C.C[C@@H]1C[C@H]1C. The van der Waals surface area contributed by atoms with Crippen LogP contribution in [0, 0.1) is 201 Å². The maximum absolute atomic E-state index is 2.41. The van der Waals surface area contributed by atoms with Gasteiger partial charge < -0.3 is 0 Å². The van der Waals surface area contributed by atoms with Crippen LogP contribution in [0.3, 0.4) is 0 Å². The zero-order chi connectivity index (χ0) is 93.2. The Labute approximate surface area is 791 Å². The molecule has 0 aromatic rings. The normalized spacial score (nSPS) is 40.8. The molecule has 0 aromatic carbocycles. The first-order chi connectivity index (χ1) is 58.7. The van der Waals surface area contributed by atoms with E-state index in [1.54, 1.807) is 0 Å². The number of hydrogen-bond acceptors (Lipinski definition) is 0. The molecule has 0 aromatic heterocycles. The molecule has 0 nitrogen and oxygen atoms in total. The fraction of sp³-hybridized carbons (Fsp3) is 1.00. The van der Waals surface area contributed by atoms with Gasteiger partial charge in [-0.15, -0.1) is 0 Å². The lowest BCUT2D eigenvalue weighted by Gasteiger charge is -2.32. The minimum atomic E-state index is 1.00. The van der Waals surface area contributed by atoms with Crippen LogP contribution in [0.4, 0.5) is 0 Å². The first-order valence-corrected chi connectivity index (χ1v) is 58.7. The van der Waals surface area contributed by atoms with Crippen LogP contribution in [-0.2, 0) is 0 Å². The summed E-state index contributed by atoms with van der Waals surface area (Å²) in [5.41, 5.74) is 0. The summed E-state index contributed by atoms with van der Waals surface area (Å²) in [7, 11) is 0. The highest BCUT2D eigenvalue weighted by molar-refractivity contribution is 4.81. The minimum absolute atomic E-state index is 1.00. The van der Waals surface area contributed by atoms with Crippen molar-refractivity contribution in [3.8, 4) is 0 Å². The molecule has 17 saturated carbocycles. The monoisotopic (exact) mass is 1740 g/mol. The van der Waals surface area contributed by atoms with E-state index in [2.05, 4.69) is 235 Å². The second kappa shape index (κ2) is 73.3. The van der Waals surface area contributed by atoms with Crippen molar-refractivity contribution in [1.29, 1.82) is 0 Å². The molecule has 0 bridgehead atoms. The molecule has 17 rings (SSSR count). The molecule has 124 heavy (non-hydrogen) atoms. The van der Waals surface area contributed by atoms with Gasteiger partial charge in [0, 0.05) is 0 Å². The van der Waals surface area contributed by atoms with E-state index in [0.29, 0.717) is 0 Å². The summed E-state index contributed by atoms with van der Waals surface area (Å²) in [5.74, 6) is 35.1. The van der Waals surface area contributed by atoms with Crippen LogP contribution in [0.15, 0.2) is 0 Å². The van der Waals surface area contributed by atoms with Crippen molar-refractivity contribution in [1.82, 2.24) is 0 Å². The van der Waals surface area contributed by atoms with E-state index in [9.17, 15) is 0 Å². The Morgan fingerprint density at radius 3 is 0.444 bits per heavy atom. The molecule has 0 saturated heterocycles. The van der Waals surface area contributed by atoms with Gasteiger partial charge in [0.05, 0.1) is 0 Å². The lowest BCUT2D eigenvalue weighted by molar-refractivity contribution is 0.190. The molecule has 0 radical (unpaired) electrons. The largest absolute Gasteiger partial charge is 0.0651 e. The van der Waals surface area contributed by atoms with Crippen LogP contribution in [0.2, 0.25) is 0 Å². The lowest BCUT2D eigenvalue weighted by atomic mass is 9.74. The Kier molecular flexibility index (Phi) is 72.2. The maximum atomic E-state index is 2.41. The summed E-state index contributed by atoms with van der Waals surface area (Å²) in [5, 5.41) is 0. The van der Waals surface area contributed by atoms with E-state index in [-0.39, 0.29) is 0 Å². The van der Waals surface area contributed by atoms with Crippen molar-refractivity contribution >= 4 is 0 Å². The van der Waals surface area contributed by atoms with Gasteiger partial charge in [-0.1, -0.05) is 524 Å². The summed E-state index contributed by atoms with van der Waals surface area (Å²) in [4.78, 5) is 0. The average molecular weight is 1740 g/mol. The molecule has 0 heterocycles. The van der Waals surface area contributed by atoms with Gasteiger partial charge in [0.25, 0.3) is 0 Å². The Bertz CT molecular complexity index is 2130. The van der Waals surface area contributed by atoms with Gasteiger partial charge >= 0.3 is 0 Å². The molecule has 17 aliphatic rings. The zero-order valence-corrected chi connectivity index (χ0v) is 93.2. The van der Waals surface area contributed by atoms with Crippen LogP contribution in [-0.4, -0.2) is 0 Å². The standard InChI is InChI=1S/3C9H18.5C8H16.5C7H14.2C6H12.2C5H10/c1-8-4-3-5-9(2)7-6-8;1-3-9-6-4-8(2)5-7-9;1-3-9-7-5-4-6-8(9)2;1-7-3-5-8(2)6-4-7;2*1-7-4-3-5-8(2)6-7;1-7-5-3-4-6-8(7)2;1-3-8-6-4-5-7(8)2;2*1-6-3-4-7(2)5-6;1-6-4-3-5-7(6)2;1-3-7-4-6(2)5-7;1-3-7-5-4-6(7)2;1-5-3-6(2)4-5;1-5-3-4-6(5)2;2*1-4-3-5(4)2/h3*8-9H,3-7H2,1-2H3;5*7-8H,3-6H2,1-2H3;5*6-7H,3-5H2,1-2H3;2*5-6H,3-4H2,1-2H3;2*4-5H,3H2,1-2H3/t8-,9-;;8-,9+;;7-,8+;3*7-,8-;6-,7+;6-,7-;6-,7+;;6-,7-;;5-,6+;4-,5+;4-,5-/m1.1..111.1..1...1/s1. The third-order valence-electron chi connectivity index (χ3n) is 37.1. The van der Waals surface area contributed by atoms with E-state index in [0.717, 1.165) is 201 Å². The lowest BCUT2D eigenvalue weighted by Crippen LogP contribution is -2.21. The Morgan fingerprint density at radius 1 is 0.113 bits per heavy atom. The first-order valence-electron chi connectivity index (χ1n) is 58.7. The molecular weight excluding hydrogens is 1490 g/mol. The topological polar surface area (TPSA) is 0 Å². The predicted molar refractivity (Wildman–Crippen MR) is 570 cm³/mol. The van der Waals surface area contributed by atoms with Crippen LogP contribution >= 0.6 is 0 Å². The fourth-order valence-corrected chi connectivity index (χ4v) is 23.9. The van der Waals surface area contributed by atoms with Crippen LogP contribution in [0.25, 0.3) is 0 Å². The van der Waals surface area contributed by atoms with Crippen molar-refractivity contribution < 1.29 is 0 Å². The molecular formula is C124H248. The highest BCUT2D eigenvalue weighted by Crippen LogP contribution is 2.42.